The molecule has 0 aliphatic heterocycles. The maximum Gasteiger partial charge on any atom is 0.356 e. The highest BCUT2D eigenvalue weighted by atomic mass is 32.2. The molecule has 0 aliphatic rings. The third kappa shape index (κ3) is 3.96. The van der Waals surface area contributed by atoms with E-state index in [1.165, 1.54) is 7.05 Å². The number of sulfonamides is 1. The maximum atomic E-state index is 12.1. The van der Waals surface area contributed by atoms with Crippen molar-refractivity contribution in [2.24, 2.45) is 0 Å². The SMILES string of the molecule is CN(CCS(C)(=O)=O)S(=O)(=O)c1scnc1C(=O)O. The molecular weight excluding hydrogens is 316 g/mol. The van der Waals surface area contributed by atoms with Crippen LogP contribution < -0.4 is 0 Å². The van der Waals surface area contributed by atoms with Crippen LogP contribution in [0.4, 0.5) is 0 Å². The number of carboxylic acids is 1. The van der Waals surface area contributed by atoms with Gasteiger partial charge in [0.1, 0.15) is 9.84 Å². The Morgan fingerprint density at radius 2 is 2.00 bits per heavy atom. The fraction of sp³-hybridized carbons (Fsp3) is 0.500. The van der Waals surface area contributed by atoms with Crippen LogP contribution in [0.3, 0.4) is 0 Å². The van der Waals surface area contributed by atoms with Crippen molar-refractivity contribution in [1.29, 1.82) is 0 Å². The number of sulfone groups is 1. The molecular formula is C8H12N2O6S3. The minimum atomic E-state index is -4.05. The third-order valence-corrected chi connectivity index (χ3v) is 6.29. The van der Waals surface area contributed by atoms with Crippen molar-refractivity contribution in [3.05, 3.63) is 11.2 Å². The van der Waals surface area contributed by atoms with E-state index in [4.69, 9.17) is 5.11 Å². The van der Waals surface area contributed by atoms with Gasteiger partial charge in [0.25, 0.3) is 10.0 Å². The number of rotatable bonds is 6. The van der Waals surface area contributed by atoms with Gasteiger partial charge in [-0.1, -0.05) is 0 Å². The Morgan fingerprint density at radius 3 is 2.47 bits per heavy atom. The molecule has 1 rings (SSSR count). The second kappa shape index (κ2) is 5.53. The molecule has 0 unspecified atom stereocenters. The van der Waals surface area contributed by atoms with E-state index in [1.54, 1.807) is 0 Å². The van der Waals surface area contributed by atoms with Gasteiger partial charge < -0.3 is 5.11 Å². The highest BCUT2D eigenvalue weighted by molar-refractivity contribution is 7.91. The molecule has 0 amide bonds. The van der Waals surface area contributed by atoms with Crippen molar-refractivity contribution in [2.75, 3.05) is 25.6 Å². The van der Waals surface area contributed by atoms with Gasteiger partial charge in [0.05, 0.1) is 11.3 Å². The Labute approximate surface area is 114 Å². The van der Waals surface area contributed by atoms with Crippen molar-refractivity contribution in [1.82, 2.24) is 9.29 Å². The van der Waals surface area contributed by atoms with Gasteiger partial charge in [0.2, 0.25) is 0 Å². The van der Waals surface area contributed by atoms with Crippen LogP contribution in [0.25, 0.3) is 0 Å². The standard InChI is InChI=1S/C8H12N2O6S3/c1-10(3-4-18(2,13)14)19(15,16)8-6(7(11)12)9-5-17-8/h5H,3-4H2,1-2H3,(H,11,12). The quantitative estimate of drug-likeness (QED) is 0.747. The summed E-state index contributed by atoms with van der Waals surface area (Å²) in [6, 6.07) is 0. The zero-order chi connectivity index (χ0) is 14.8. The van der Waals surface area contributed by atoms with Crippen molar-refractivity contribution in [3.63, 3.8) is 0 Å². The molecule has 11 heteroatoms. The van der Waals surface area contributed by atoms with Gasteiger partial charge in [0.15, 0.2) is 9.90 Å². The largest absolute Gasteiger partial charge is 0.476 e. The predicted octanol–water partition coefficient (Wildman–Crippen LogP) is -0.494. The van der Waals surface area contributed by atoms with Gasteiger partial charge in [-0.3, -0.25) is 0 Å². The van der Waals surface area contributed by atoms with Gasteiger partial charge in [-0.15, -0.1) is 11.3 Å². The van der Waals surface area contributed by atoms with Gasteiger partial charge in [-0.05, 0) is 0 Å². The van der Waals surface area contributed by atoms with Crippen molar-refractivity contribution in [2.45, 2.75) is 4.21 Å². The lowest BCUT2D eigenvalue weighted by Crippen LogP contribution is -2.31. The molecule has 108 valence electrons. The Bertz CT molecular complexity index is 675. The summed E-state index contributed by atoms with van der Waals surface area (Å²) in [5.41, 5.74) is 0.553. The molecule has 0 aliphatic carbocycles. The topological polar surface area (TPSA) is 122 Å². The molecule has 0 saturated heterocycles. The van der Waals surface area contributed by atoms with Crippen LogP contribution in [-0.2, 0) is 19.9 Å². The van der Waals surface area contributed by atoms with Crippen molar-refractivity contribution < 1.29 is 26.7 Å². The molecule has 0 radical (unpaired) electrons. The van der Waals surface area contributed by atoms with Crippen molar-refractivity contribution in [3.8, 4) is 0 Å². The van der Waals surface area contributed by atoms with Crippen LogP contribution in [0.1, 0.15) is 10.5 Å². The van der Waals surface area contributed by atoms with E-state index in [0.29, 0.717) is 11.3 Å². The molecule has 0 atom stereocenters. The Balaban J connectivity index is 3.04. The summed E-state index contributed by atoms with van der Waals surface area (Å²) in [6.45, 7) is -0.252. The summed E-state index contributed by atoms with van der Waals surface area (Å²) in [7, 11) is -6.17. The molecule has 1 aromatic heterocycles. The summed E-state index contributed by atoms with van der Waals surface area (Å²) in [5, 5.41) is 8.82. The fourth-order valence-corrected chi connectivity index (χ4v) is 4.34. The Hall–Kier alpha value is -1.04. The summed E-state index contributed by atoms with van der Waals surface area (Å²) in [6.07, 6.45) is 0.989. The van der Waals surface area contributed by atoms with Crippen LogP contribution in [-0.4, -0.2) is 62.8 Å². The normalized spacial score (nSPS) is 12.8. The van der Waals surface area contributed by atoms with Crippen LogP contribution in [0.2, 0.25) is 0 Å². The smallest absolute Gasteiger partial charge is 0.356 e. The monoisotopic (exact) mass is 328 g/mol. The lowest BCUT2D eigenvalue weighted by atomic mass is 10.5. The van der Waals surface area contributed by atoms with Gasteiger partial charge in [0, 0.05) is 19.8 Å². The predicted molar refractivity (Wildman–Crippen MR) is 68.6 cm³/mol. The second-order valence-corrected chi connectivity index (χ2v) is 9.10. The highest BCUT2D eigenvalue weighted by Gasteiger charge is 2.29. The lowest BCUT2D eigenvalue weighted by Gasteiger charge is -2.15. The first-order valence-corrected chi connectivity index (χ1v) is 9.24. The maximum absolute atomic E-state index is 12.1. The van der Waals surface area contributed by atoms with E-state index in [0.717, 1.165) is 16.1 Å². The van der Waals surface area contributed by atoms with E-state index < -0.39 is 35.7 Å². The summed E-state index contributed by atoms with van der Waals surface area (Å²) in [5.74, 6) is -1.79. The molecule has 0 fully saturated rings. The molecule has 0 spiro atoms. The van der Waals surface area contributed by atoms with E-state index in [1.807, 2.05) is 0 Å². The number of carbonyl (C=O) groups is 1. The number of thiazole rings is 1. The number of aromatic carboxylic acids is 1. The van der Waals surface area contributed by atoms with E-state index in [9.17, 15) is 21.6 Å². The van der Waals surface area contributed by atoms with E-state index >= 15 is 0 Å². The fourth-order valence-electron chi connectivity index (χ4n) is 1.12. The van der Waals surface area contributed by atoms with E-state index in [2.05, 4.69) is 4.98 Å². The van der Waals surface area contributed by atoms with E-state index in [-0.39, 0.29) is 12.3 Å². The zero-order valence-corrected chi connectivity index (χ0v) is 12.5. The number of hydrogen-bond acceptors (Lipinski definition) is 7. The minimum Gasteiger partial charge on any atom is -0.476 e. The molecule has 8 nitrogen and oxygen atoms in total. The molecule has 0 aromatic carbocycles. The highest BCUT2D eigenvalue weighted by Crippen LogP contribution is 2.23. The first kappa shape index (κ1) is 16.0. The molecule has 0 saturated carbocycles. The number of aromatic nitrogens is 1. The number of carboxylic acid groups (broad SMARTS) is 1. The van der Waals surface area contributed by atoms with Crippen LogP contribution >= 0.6 is 11.3 Å². The zero-order valence-electron chi connectivity index (χ0n) is 10.1. The second-order valence-electron chi connectivity index (χ2n) is 3.75. The Kier molecular flexibility index (Phi) is 4.66. The summed E-state index contributed by atoms with van der Waals surface area (Å²) in [4.78, 5) is 14.3. The summed E-state index contributed by atoms with van der Waals surface area (Å²) < 4.78 is 46.5. The minimum absolute atomic E-state index is 0.252. The molecule has 19 heavy (non-hydrogen) atoms. The van der Waals surface area contributed by atoms with Gasteiger partial charge >= 0.3 is 5.97 Å². The van der Waals surface area contributed by atoms with Crippen LogP contribution in [0, 0.1) is 0 Å². The lowest BCUT2D eigenvalue weighted by molar-refractivity contribution is 0.0687. The van der Waals surface area contributed by atoms with Crippen LogP contribution in [0.15, 0.2) is 9.72 Å². The number of nitrogens with zero attached hydrogens (tertiary/aromatic N) is 2. The molecule has 1 heterocycles. The molecule has 0 bridgehead atoms. The van der Waals surface area contributed by atoms with Crippen LogP contribution in [0.5, 0.6) is 0 Å². The van der Waals surface area contributed by atoms with Gasteiger partial charge in [-0.2, -0.15) is 4.31 Å². The number of hydrogen-bond donors (Lipinski definition) is 1. The molecule has 1 aromatic rings. The average molecular weight is 328 g/mol. The first-order valence-electron chi connectivity index (χ1n) is 4.86. The third-order valence-electron chi connectivity index (χ3n) is 2.16. The van der Waals surface area contributed by atoms with Crippen molar-refractivity contribution >= 4 is 37.2 Å². The average Bonchev–Trinajstić information content (AvgIpc) is 2.74. The summed E-state index contributed by atoms with van der Waals surface area (Å²) >= 11 is 0.675. The van der Waals surface area contributed by atoms with Gasteiger partial charge in [-0.25, -0.2) is 26.6 Å². The Morgan fingerprint density at radius 1 is 1.42 bits per heavy atom. The first-order chi connectivity index (χ1) is 8.55. The molecule has 1 N–H and O–H groups in total.